The standard InChI is InChI=1S/C9H6F2O2/c1-5(9(12)13)6-2-7(10)4-8(11)3-6/h2-4H,1H2,(H,12,13). The molecule has 2 nitrogen and oxygen atoms in total. The van der Waals surface area contributed by atoms with Gasteiger partial charge in [0.15, 0.2) is 0 Å². The SMILES string of the molecule is C=C(C(=O)O)c1cc(F)cc(F)c1. The van der Waals surface area contributed by atoms with E-state index in [0.29, 0.717) is 6.07 Å². The van der Waals surface area contributed by atoms with Crippen molar-refractivity contribution < 1.29 is 18.7 Å². The number of aliphatic carboxylic acids is 1. The van der Waals surface area contributed by atoms with Crippen LogP contribution in [0.5, 0.6) is 0 Å². The molecule has 0 aliphatic rings. The monoisotopic (exact) mass is 184 g/mol. The smallest absolute Gasteiger partial charge is 0.335 e. The molecule has 4 heteroatoms. The Hall–Kier alpha value is -1.71. The van der Waals surface area contributed by atoms with Gasteiger partial charge in [-0.15, -0.1) is 0 Å². The number of carboxylic acid groups (broad SMARTS) is 1. The minimum atomic E-state index is -1.30. The van der Waals surface area contributed by atoms with E-state index in [1.54, 1.807) is 0 Å². The van der Waals surface area contributed by atoms with E-state index in [1.807, 2.05) is 0 Å². The summed E-state index contributed by atoms with van der Waals surface area (Å²) in [7, 11) is 0. The van der Waals surface area contributed by atoms with E-state index in [9.17, 15) is 13.6 Å². The lowest BCUT2D eigenvalue weighted by Gasteiger charge is -2.00. The molecule has 1 aromatic carbocycles. The summed E-state index contributed by atoms with van der Waals surface area (Å²) in [5.74, 6) is -2.94. The molecule has 0 radical (unpaired) electrons. The Balaban J connectivity index is 3.15. The highest BCUT2D eigenvalue weighted by Gasteiger charge is 2.09. The molecule has 0 heterocycles. The van der Waals surface area contributed by atoms with Gasteiger partial charge in [-0.1, -0.05) is 6.58 Å². The van der Waals surface area contributed by atoms with E-state index >= 15 is 0 Å². The molecule has 13 heavy (non-hydrogen) atoms. The number of benzene rings is 1. The summed E-state index contributed by atoms with van der Waals surface area (Å²) < 4.78 is 25.2. The lowest BCUT2D eigenvalue weighted by molar-refractivity contribution is -0.130. The van der Waals surface area contributed by atoms with E-state index in [0.717, 1.165) is 12.1 Å². The van der Waals surface area contributed by atoms with Gasteiger partial charge in [0, 0.05) is 6.07 Å². The van der Waals surface area contributed by atoms with E-state index in [4.69, 9.17) is 5.11 Å². The molecular weight excluding hydrogens is 178 g/mol. The van der Waals surface area contributed by atoms with Crippen molar-refractivity contribution in [3.05, 3.63) is 42.0 Å². The second kappa shape index (κ2) is 3.35. The molecule has 0 atom stereocenters. The average Bonchev–Trinajstić information content (AvgIpc) is 2.01. The summed E-state index contributed by atoms with van der Waals surface area (Å²) in [6.07, 6.45) is 0. The Morgan fingerprint density at radius 1 is 1.23 bits per heavy atom. The van der Waals surface area contributed by atoms with Gasteiger partial charge in [-0.25, -0.2) is 13.6 Å². The van der Waals surface area contributed by atoms with Crippen LogP contribution in [0.2, 0.25) is 0 Å². The normalized spacial score (nSPS) is 9.69. The predicted octanol–water partition coefficient (Wildman–Crippen LogP) is 2.06. The second-order valence-corrected chi connectivity index (χ2v) is 2.44. The predicted molar refractivity (Wildman–Crippen MR) is 43.0 cm³/mol. The van der Waals surface area contributed by atoms with Gasteiger partial charge in [0.25, 0.3) is 0 Å². The van der Waals surface area contributed by atoms with Crippen LogP contribution in [0.15, 0.2) is 24.8 Å². The number of hydrogen-bond acceptors (Lipinski definition) is 1. The fourth-order valence-electron chi connectivity index (χ4n) is 0.852. The first-order valence-electron chi connectivity index (χ1n) is 3.39. The zero-order valence-corrected chi connectivity index (χ0v) is 6.55. The highest BCUT2D eigenvalue weighted by Crippen LogP contribution is 2.15. The van der Waals surface area contributed by atoms with Crippen LogP contribution < -0.4 is 0 Å². The molecule has 1 aromatic rings. The fourth-order valence-corrected chi connectivity index (χ4v) is 0.852. The maximum Gasteiger partial charge on any atom is 0.335 e. The first kappa shape index (κ1) is 9.38. The van der Waals surface area contributed by atoms with Crippen molar-refractivity contribution in [2.45, 2.75) is 0 Å². The molecule has 0 aliphatic carbocycles. The minimum Gasteiger partial charge on any atom is -0.478 e. The largest absolute Gasteiger partial charge is 0.478 e. The molecule has 0 aliphatic heterocycles. The third-order valence-corrected chi connectivity index (χ3v) is 1.47. The van der Waals surface area contributed by atoms with Gasteiger partial charge < -0.3 is 5.11 Å². The van der Waals surface area contributed by atoms with Gasteiger partial charge >= 0.3 is 5.97 Å². The highest BCUT2D eigenvalue weighted by atomic mass is 19.1. The average molecular weight is 184 g/mol. The van der Waals surface area contributed by atoms with Crippen molar-refractivity contribution >= 4 is 11.5 Å². The van der Waals surface area contributed by atoms with E-state index in [-0.39, 0.29) is 11.1 Å². The van der Waals surface area contributed by atoms with Crippen molar-refractivity contribution in [1.29, 1.82) is 0 Å². The Bertz CT molecular complexity index is 352. The molecule has 0 saturated heterocycles. The quantitative estimate of drug-likeness (QED) is 0.714. The van der Waals surface area contributed by atoms with Crippen LogP contribution in [0.4, 0.5) is 8.78 Å². The van der Waals surface area contributed by atoms with Crippen LogP contribution in [0.1, 0.15) is 5.56 Å². The Morgan fingerprint density at radius 3 is 2.08 bits per heavy atom. The Kier molecular flexibility index (Phi) is 2.41. The van der Waals surface area contributed by atoms with Gasteiger partial charge in [-0.3, -0.25) is 0 Å². The molecule has 0 fully saturated rings. The van der Waals surface area contributed by atoms with Crippen LogP contribution in [-0.4, -0.2) is 11.1 Å². The van der Waals surface area contributed by atoms with Crippen LogP contribution in [0, 0.1) is 11.6 Å². The molecular formula is C9H6F2O2. The summed E-state index contributed by atoms with van der Waals surface area (Å²) in [5, 5.41) is 8.47. The third-order valence-electron chi connectivity index (χ3n) is 1.47. The van der Waals surface area contributed by atoms with Gasteiger partial charge in [-0.05, 0) is 17.7 Å². The number of halogens is 2. The molecule has 0 aromatic heterocycles. The molecule has 1 N–H and O–H groups in total. The summed E-state index contributed by atoms with van der Waals surface area (Å²) in [6, 6.07) is 2.50. The van der Waals surface area contributed by atoms with Crippen LogP contribution in [0.3, 0.4) is 0 Å². The number of carboxylic acids is 1. The topological polar surface area (TPSA) is 37.3 Å². The first-order valence-corrected chi connectivity index (χ1v) is 3.39. The lowest BCUT2D eigenvalue weighted by Crippen LogP contribution is -1.99. The Labute approximate surface area is 73.1 Å². The Morgan fingerprint density at radius 2 is 1.69 bits per heavy atom. The summed E-state index contributed by atoms with van der Waals surface area (Å²) >= 11 is 0. The lowest BCUT2D eigenvalue weighted by atomic mass is 10.1. The van der Waals surface area contributed by atoms with Crippen molar-refractivity contribution in [2.24, 2.45) is 0 Å². The van der Waals surface area contributed by atoms with Gasteiger partial charge in [0.1, 0.15) is 11.6 Å². The maximum absolute atomic E-state index is 12.6. The molecule has 0 spiro atoms. The molecule has 0 amide bonds. The summed E-state index contributed by atoms with van der Waals surface area (Å²) in [4.78, 5) is 10.4. The zero-order valence-electron chi connectivity index (χ0n) is 6.55. The van der Waals surface area contributed by atoms with Crippen molar-refractivity contribution in [2.75, 3.05) is 0 Å². The zero-order chi connectivity index (χ0) is 10.0. The summed E-state index contributed by atoms with van der Waals surface area (Å²) in [5.41, 5.74) is -0.400. The van der Waals surface area contributed by atoms with Crippen LogP contribution >= 0.6 is 0 Å². The molecule has 0 bridgehead atoms. The number of carbonyl (C=O) groups is 1. The minimum absolute atomic E-state index is 0.0648. The van der Waals surface area contributed by atoms with Crippen molar-refractivity contribution in [3.63, 3.8) is 0 Å². The number of rotatable bonds is 2. The van der Waals surface area contributed by atoms with Gasteiger partial charge in [-0.2, -0.15) is 0 Å². The van der Waals surface area contributed by atoms with Crippen molar-refractivity contribution in [3.8, 4) is 0 Å². The molecule has 68 valence electrons. The number of hydrogen-bond donors (Lipinski definition) is 1. The van der Waals surface area contributed by atoms with Crippen molar-refractivity contribution in [1.82, 2.24) is 0 Å². The van der Waals surface area contributed by atoms with E-state index in [1.165, 1.54) is 0 Å². The molecule has 1 rings (SSSR count). The molecule has 0 saturated carbocycles. The summed E-state index contributed by atoms with van der Waals surface area (Å²) in [6.45, 7) is 3.17. The fraction of sp³-hybridized carbons (Fsp3) is 0. The maximum atomic E-state index is 12.6. The third kappa shape index (κ3) is 2.11. The van der Waals surface area contributed by atoms with E-state index < -0.39 is 17.6 Å². The van der Waals surface area contributed by atoms with Crippen LogP contribution in [-0.2, 0) is 4.79 Å². The van der Waals surface area contributed by atoms with Gasteiger partial charge in [0.2, 0.25) is 0 Å². The molecule has 0 unspecified atom stereocenters. The first-order chi connectivity index (χ1) is 6.00. The van der Waals surface area contributed by atoms with Gasteiger partial charge in [0.05, 0.1) is 5.57 Å². The highest BCUT2D eigenvalue weighted by molar-refractivity contribution is 6.14. The second-order valence-electron chi connectivity index (χ2n) is 2.44. The van der Waals surface area contributed by atoms with Crippen LogP contribution in [0.25, 0.3) is 5.57 Å². The van der Waals surface area contributed by atoms with E-state index in [2.05, 4.69) is 6.58 Å².